The third kappa shape index (κ3) is 4.65. The lowest BCUT2D eigenvalue weighted by Crippen LogP contribution is -2.27. The van der Waals surface area contributed by atoms with Crippen molar-refractivity contribution in [2.24, 2.45) is 0 Å². The summed E-state index contributed by atoms with van der Waals surface area (Å²) in [5.41, 5.74) is 0. The van der Waals surface area contributed by atoms with Gasteiger partial charge in [0.25, 0.3) is 0 Å². The van der Waals surface area contributed by atoms with Crippen molar-refractivity contribution >= 4 is 27.7 Å². The second-order valence-corrected chi connectivity index (χ2v) is 8.71. The number of benzene rings is 1. The average molecular weight is 380 g/mol. The summed E-state index contributed by atoms with van der Waals surface area (Å²) in [6, 6.07) is 10.3. The number of carbonyl (C=O) groups excluding carboxylic acids is 1. The monoisotopic (exact) mass is 380 g/mol. The highest BCUT2D eigenvalue weighted by Gasteiger charge is 2.26. The first-order valence-corrected chi connectivity index (χ1v) is 10.5. The zero-order valence-corrected chi connectivity index (χ0v) is 15.3. The standard InChI is InChI=1S/C17H20N2O4S2/c20-17(18-12-14-4-3-11-23-14)13-24-15-5-7-16(8-6-15)25(21,22)19-9-1-2-10-19/h3-8,11H,1-2,9-10,12-13H2,(H,18,20). The van der Waals surface area contributed by atoms with Gasteiger partial charge in [0.2, 0.25) is 15.9 Å². The van der Waals surface area contributed by atoms with Crippen LogP contribution in [0.5, 0.6) is 0 Å². The summed E-state index contributed by atoms with van der Waals surface area (Å²) in [5, 5.41) is 2.77. The second-order valence-electron chi connectivity index (χ2n) is 5.73. The SMILES string of the molecule is O=C(CSc1ccc(S(=O)(=O)N2CCCC2)cc1)NCc1ccco1. The Bertz CT molecular complexity index is 796. The number of nitrogens with zero attached hydrogens (tertiary/aromatic N) is 1. The van der Waals surface area contributed by atoms with Crippen LogP contribution in [0, 0.1) is 0 Å². The Morgan fingerprint density at radius 1 is 1.16 bits per heavy atom. The minimum absolute atomic E-state index is 0.102. The highest BCUT2D eigenvalue weighted by atomic mass is 32.2. The molecule has 1 aromatic heterocycles. The number of hydrogen-bond donors (Lipinski definition) is 1. The van der Waals surface area contributed by atoms with Crippen LogP contribution in [0.1, 0.15) is 18.6 Å². The molecule has 0 saturated carbocycles. The first kappa shape index (κ1) is 18.0. The number of thioether (sulfide) groups is 1. The Labute approximate surface area is 151 Å². The van der Waals surface area contributed by atoms with Gasteiger partial charge in [-0.3, -0.25) is 4.79 Å². The molecule has 8 heteroatoms. The zero-order valence-electron chi connectivity index (χ0n) is 13.7. The molecule has 0 bridgehead atoms. The van der Waals surface area contributed by atoms with Crippen molar-refractivity contribution in [2.45, 2.75) is 29.2 Å². The summed E-state index contributed by atoms with van der Waals surface area (Å²) in [7, 11) is -3.39. The lowest BCUT2D eigenvalue weighted by atomic mass is 10.4. The number of amides is 1. The summed E-state index contributed by atoms with van der Waals surface area (Å²) >= 11 is 1.37. The Balaban J connectivity index is 1.51. The van der Waals surface area contributed by atoms with Crippen LogP contribution in [0.25, 0.3) is 0 Å². The van der Waals surface area contributed by atoms with E-state index < -0.39 is 10.0 Å². The molecule has 1 amide bonds. The predicted octanol–water partition coefficient (Wildman–Crippen LogP) is 2.47. The largest absolute Gasteiger partial charge is 0.467 e. The minimum atomic E-state index is -3.39. The number of furan rings is 1. The fourth-order valence-corrected chi connectivity index (χ4v) is 4.83. The first-order chi connectivity index (χ1) is 12.1. The van der Waals surface area contributed by atoms with E-state index in [4.69, 9.17) is 4.42 Å². The van der Waals surface area contributed by atoms with E-state index in [0.29, 0.717) is 30.3 Å². The fraction of sp³-hybridized carbons (Fsp3) is 0.353. The summed E-state index contributed by atoms with van der Waals surface area (Å²) in [4.78, 5) is 13.0. The van der Waals surface area contributed by atoms with Gasteiger partial charge in [-0.1, -0.05) is 0 Å². The smallest absolute Gasteiger partial charge is 0.243 e. The van der Waals surface area contributed by atoms with E-state index in [1.54, 1.807) is 42.7 Å². The Morgan fingerprint density at radius 3 is 2.52 bits per heavy atom. The number of rotatable bonds is 7. The van der Waals surface area contributed by atoms with Crippen molar-refractivity contribution in [3.8, 4) is 0 Å². The maximum Gasteiger partial charge on any atom is 0.243 e. The third-order valence-corrected chi connectivity index (χ3v) is 6.86. The predicted molar refractivity (Wildman–Crippen MR) is 95.7 cm³/mol. The van der Waals surface area contributed by atoms with Crippen molar-refractivity contribution in [3.63, 3.8) is 0 Å². The molecule has 2 heterocycles. The van der Waals surface area contributed by atoms with Gasteiger partial charge in [0, 0.05) is 18.0 Å². The Hall–Kier alpha value is -1.77. The van der Waals surface area contributed by atoms with Gasteiger partial charge in [0.1, 0.15) is 5.76 Å². The molecule has 134 valence electrons. The molecule has 1 fully saturated rings. The molecule has 6 nitrogen and oxygen atoms in total. The lowest BCUT2D eigenvalue weighted by molar-refractivity contribution is -0.118. The molecule has 0 unspecified atom stereocenters. The Kier molecular flexibility index (Phi) is 5.82. The van der Waals surface area contributed by atoms with Crippen molar-refractivity contribution in [3.05, 3.63) is 48.4 Å². The second kappa shape index (κ2) is 8.07. The van der Waals surface area contributed by atoms with Gasteiger partial charge < -0.3 is 9.73 Å². The van der Waals surface area contributed by atoms with Crippen molar-refractivity contribution < 1.29 is 17.6 Å². The van der Waals surface area contributed by atoms with Crippen LogP contribution in [-0.2, 0) is 21.4 Å². The van der Waals surface area contributed by atoms with Gasteiger partial charge in [0.05, 0.1) is 23.5 Å². The molecule has 1 aromatic carbocycles. The molecular weight excluding hydrogens is 360 g/mol. The highest BCUT2D eigenvalue weighted by molar-refractivity contribution is 8.00. The molecule has 1 aliphatic heterocycles. The molecule has 25 heavy (non-hydrogen) atoms. The van der Waals surface area contributed by atoms with E-state index in [1.165, 1.54) is 16.1 Å². The van der Waals surface area contributed by atoms with E-state index in [2.05, 4.69) is 5.32 Å². The summed E-state index contributed by atoms with van der Waals surface area (Å²) < 4.78 is 31.6. The van der Waals surface area contributed by atoms with Gasteiger partial charge in [-0.15, -0.1) is 11.8 Å². The number of sulfonamides is 1. The van der Waals surface area contributed by atoms with Gasteiger partial charge >= 0.3 is 0 Å². The molecule has 1 aliphatic rings. The maximum absolute atomic E-state index is 12.5. The summed E-state index contributed by atoms with van der Waals surface area (Å²) in [6.45, 7) is 1.54. The van der Waals surface area contributed by atoms with E-state index in [-0.39, 0.29) is 11.7 Å². The summed E-state index contributed by atoms with van der Waals surface area (Å²) in [6.07, 6.45) is 3.40. The molecule has 1 saturated heterocycles. The van der Waals surface area contributed by atoms with Crippen LogP contribution < -0.4 is 5.32 Å². The highest BCUT2D eigenvalue weighted by Crippen LogP contribution is 2.24. The van der Waals surface area contributed by atoms with Crippen LogP contribution in [0.2, 0.25) is 0 Å². The lowest BCUT2D eigenvalue weighted by Gasteiger charge is -2.15. The van der Waals surface area contributed by atoms with E-state index >= 15 is 0 Å². The quantitative estimate of drug-likeness (QED) is 0.747. The molecule has 0 spiro atoms. The molecule has 0 aliphatic carbocycles. The minimum Gasteiger partial charge on any atom is -0.467 e. The van der Waals surface area contributed by atoms with Gasteiger partial charge in [0.15, 0.2) is 0 Å². The van der Waals surface area contributed by atoms with Gasteiger partial charge in [-0.2, -0.15) is 4.31 Å². The van der Waals surface area contributed by atoms with Crippen LogP contribution in [0.3, 0.4) is 0 Å². The maximum atomic E-state index is 12.5. The van der Waals surface area contributed by atoms with Crippen LogP contribution in [0.4, 0.5) is 0 Å². The summed E-state index contributed by atoms with van der Waals surface area (Å²) in [5.74, 6) is 0.865. The third-order valence-electron chi connectivity index (χ3n) is 3.94. The Morgan fingerprint density at radius 2 is 1.88 bits per heavy atom. The number of nitrogens with one attached hydrogen (secondary N) is 1. The van der Waals surface area contributed by atoms with E-state index in [1.807, 2.05) is 0 Å². The number of carbonyl (C=O) groups is 1. The average Bonchev–Trinajstić information content (AvgIpc) is 3.32. The zero-order chi connectivity index (χ0) is 17.7. The van der Waals surface area contributed by atoms with E-state index in [9.17, 15) is 13.2 Å². The fourth-order valence-electron chi connectivity index (χ4n) is 2.58. The van der Waals surface area contributed by atoms with Crippen molar-refractivity contribution in [1.82, 2.24) is 9.62 Å². The van der Waals surface area contributed by atoms with E-state index in [0.717, 1.165) is 17.7 Å². The van der Waals surface area contributed by atoms with Gasteiger partial charge in [-0.25, -0.2) is 8.42 Å². The molecule has 0 atom stereocenters. The number of hydrogen-bond acceptors (Lipinski definition) is 5. The molecule has 1 N–H and O–H groups in total. The molecule has 3 rings (SSSR count). The van der Waals surface area contributed by atoms with Crippen LogP contribution >= 0.6 is 11.8 Å². The molecule has 0 radical (unpaired) electrons. The van der Waals surface area contributed by atoms with Crippen LogP contribution in [0.15, 0.2) is 56.9 Å². The molecule has 2 aromatic rings. The van der Waals surface area contributed by atoms with Gasteiger partial charge in [-0.05, 0) is 49.2 Å². The van der Waals surface area contributed by atoms with Crippen molar-refractivity contribution in [1.29, 1.82) is 0 Å². The van der Waals surface area contributed by atoms with Crippen LogP contribution in [-0.4, -0.2) is 37.5 Å². The topological polar surface area (TPSA) is 79.6 Å². The molecular formula is C17H20N2O4S2. The normalized spacial score (nSPS) is 15.4. The van der Waals surface area contributed by atoms with Crippen molar-refractivity contribution in [2.75, 3.05) is 18.8 Å². The first-order valence-electron chi connectivity index (χ1n) is 8.08.